The van der Waals surface area contributed by atoms with Gasteiger partial charge in [0.1, 0.15) is 0 Å². The third-order valence-corrected chi connectivity index (χ3v) is 5.53. The minimum atomic E-state index is -5.23. The molecule has 0 saturated carbocycles. The van der Waals surface area contributed by atoms with Crippen LogP contribution in [-0.4, -0.2) is 56.9 Å². The van der Waals surface area contributed by atoms with Crippen molar-refractivity contribution in [3.8, 4) is 0 Å². The van der Waals surface area contributed by atoms with Crippen LogP contribution in [0, 0.1) is 5.92 Å². The molecule has 0 amide bonds. The van der Waals surface area contributed by atoms with Crippen molar-refractivity contribution in [1.82, 2.24) is 14.9 Å². The Labute approximate surface area is 165 Å². The van der Waals surface area contributed by atoms with E-state index in [-0.39, 0.29) is 43.1 Å². The summed E-state index contributed by atoms with van der Waals surface area (Å²) in [5.41, 5.74) is -5.23. The van der Waals surface area contributed by atoms with Crippen molar-refractivity contribution in [2.24, 2.45) is 10.9 Å². The molecule has 0 aromatic rings. The lowest BCUT2D eigenvalue weighted by Crippen LogP contribution is -2.51. The number of hydrogen-bond donors (Lipinski definition) is 2. The highest BCUT2D eigenvalue weighted by Gasteiger charge is 2.50. The molecule has 1 saturated heterocycles. The van der Waals surface area contributed by atoms with Crippen LogP contribution in [0.1, 0.15) is 39.5 Å². The monoisotopic (exact) mass is 500 g/mol. The van der Waals surface area contributed by atoms with Gasteiger partial charge in [-0.2, -0.15) is 17.5 Å². The number of halogens is 4. The van der Waals surface area contributed by atoms with Crippen LogP contribution in [0.25, 0.3) is 0 Å². The zero-order valence-electron chi connectivity index (χ0n) is 14.8. The molecule has 1 aliphatic rings. The van der Waals surface area contributed by atoms with Gasteiger partial charge in [0.25, 0.3) is 0 Å². The van der Waals surface area contributed by atoms with Crippen LogP contribution in [-0.2, 0) is 10.0 Å². The van der Waals surface area contributed by atoms with Crippen molar-refractivity contribution in [1.29, 1.82) is 0 Å². The summed E-state index contributed by atoms with van der Waals surface area (Å²) in [4.78, 5) is 4.09. The van der Waals surface area contributed by atoms with Gasteiger partial charge in [0.05, 0.1) is 0 Å². The van der Waals surface area contributed by atoms with E-state index in [1.54, 1.807) is 7.05 Å². The molecule has 2 N–H and O–H groups in total. The van der Waals surface area contributed by atoms with E-state index in [9.17, 15) is 21.6 Å². The minimum Gasteiger partial charge on any atom is -0.356 e. The number of guanidine groups is 1. The highest BCUT2D eigenvalue weighted by molar-refractivity contribution is 14.0. The summed E-state index contributed by atoms with van der Waals surface area (Å²) in [5.74, 6) is 1.22. The van der Waals surface area contributed by atoms with Crippen molar-refractivity contribution in [2.45, 2.75) is 51.1 Å². The Balaban J connectivity index is 0.00000576. The van der Waals surface area contributed by atoms with Crippen molar-refractivity contribution < 1.29 is 21.6 Å². The molecule has 0 radical (unpaired) electrons. The molecular formula is C14H28F3IN4O2S. The second kappa shape index (κ2) is 10.8. The van der Waals surface area contributed by atoms with E-state index in [1.807, 2.05) is 0 Å². The molecule has 11 heteroatoms. The highest BCUT2D eigenvalue weighted by Crippen LogP contribution is 2.28. The molecule has 150 valence electrons. The summed E-state index contributed by atoms with van der Waals surface area (Å²) in [7, 11) is -3.60. The summed E-state index contributed by atoms with van der Waals surface area (Å²) >= 11 is 0. The van der Waals surface area contributed by atoms with E-state index in [0.29, 0.717) is 29.0 Å². The number of rotatable bonds is 6. The summed E-state index contributed by atoms with van der Waals surface area (Å²) in [6.45, 7) is 4.76. The van der Waals surface area contributed by atoms with Crippen LogP contribution in [0.2, 0.25) is 0 Å². The molecule has 1 heterocycles. The molecule has 0 atom stereocenters. The predicted octanol–water partition coefficient (Wildman–Crippen LogP) is 2.52. The number of hydrogen-bond acceptors (Lipinski definition) is 3. The molecule has 0 aliphatic carbocycles. The predicted molar refractivity (Wildman–Crippen MR) is 104 cm³/mol. The van der Waals surface area contributed by atoms with Crippen LogP contribution in [0.15, 0.2) is 4.99 Å². The summed E-state index contributed by atoms with van der Waals surface area (Å²) < 4.78 is 60.8. The van der Waals surface area contributed by atoms with Gasteiger partial charge in [-0.25, -0.2) is 8.42 Å². The minimum absolute atomic E-state index is 0. The van der Waals surface area contributed by atoms with Gasteiger partial charge in [0.2, 0.25) is 0 Å². The highest BCUT2D eigenvalue weighted by atomic mass is 127. The number of sulfonamides is 1. The van der Waals surface area contributed by atoms with Gasteiger partial charge in [-0.05, 0) is 31.6 Å². The number of nitrogens with one attached hydrogen (secondary N) is 2. The van der Waals surface area contributed by atoms with Crippen LogP contribution in [0.4, 0.5) is 13.2 Å². The number of alkyl halides is 3. The topological polar surface area (TPSA) is 73.8 Å². The lowest BCUT2D eigenvalue weighted by Gasteiger charge is -2.32. The normalized spacial score (nSPS) is 18.1. The second-order valence-corrected chi connectivity index (χ2v) is 8.23. The smallest absolute Gasteiger partial charge is 0.356 e. The van der Waals surface area contributed by atoms with E-state index < -0.39 is 15.5 Å². The van der Waals surface area contributed by atoms with Gasteiger partial charge in [0.15, 0.2) is 5.96 Å². The summed E-state index contributed by atoms with van der Waals surface area (Å²) in [6, 6.07) is -0.0963. The lowest BCUT2D eigenvalue weighted by molar-refractivity contribution is -0.0494. The fourth-order valence-electron chi connectivity index (χ4n) is 2.49. The fourth-order valence-corrected chi connectivity index (χ4v) is 3.48. The van der Waals surface area contributed by atoms with Crippen molar-refractivity contribution in [3.05, 3.63) is 0 Å². The standard InChI is InChI=1S/C14H27F3N4O2S.HI/c1-11(2)5-4-8-19-13(18-3)20-12-6-9-21(10-7-12)24(22,23)14(15,16)17;/h11-12H,4-10H2,1-3H3,(H2,18,19,20);1H. The lowest BCUT2D eigenvalue weighted by atomic mass is 10.1. The number of aliphatic imine (C=N–C) groups is 1. The fraction of sp³-hybridized carbons (Fsp3) is 0.929. The first kappa shape index (κ1) is 24.7. The van der Waals surface area contributed by atoms with Crippen molar-refractivity contribution in [2.75, 3.05) is 26.7 Å². The van der Waals surface area contributed by atoms with Crippen molar-refractivity contribution >= 4 is 40.0 Å². The van der Waals surface area contributed by atoms with E-state index in [0.717, 1.165) is 19.4 Å². The molecule has 0 aromatic heterocycles. The maximum Gasteiger partial charge on any atom is 0.511 e. The van der Waals surface area contributed by atoms with Gasteiger partial charge in [-0.1, -0.05) is 13.8 Å². The largest absolute Gasteiger partial charge is 0.511 e. The Hall–Kier alpha value is -0.300. The zero-order valence-corrected chi connectivity index (χ0v) is 17.9. The average molecular weight is 500 g/mol. The molecule has 0 spiro atoms. The Morgan fingerprint density at radius 3 is 2.28 bits per heavy atom. The summed E-state index contributed by atoms with van der Waals surface area (Å²) in [6.07, 6.45) is 2.71. The maximum absolute atomic E-state index is 12.5. The van der Waals surface area contributed by atoms with Gasteiger partial charge in [-0.3, -0.25) is 4.99 Å². The Kier molecular flexibility index (Phi) is 10.6. The quantitative estimate of drug-likeness (QED) is 0.255. The summed E-state index contributed by atoms with van der Waals surface area (Å²) in [5, 5.41) is 6.31. The van der Waals surface area contributed by atoms with Gasteiger partial charge < -0.3 is 10.6 Å². The first-order valence-electron chi connectivity index (χ1n) is 8.11. The molecule has 1 aliphatic heterocycles. The zero-order chi connectivity index (χ0) is 18.4. The first-order valence-corrected chi connectivity index (χ1v) is 9.55. The number of nitrogens with zero attached hydrogens (tertiary/aromatic N) is 2. The van der Waals surface area contributed by atoms with Crippen LogP contribution < -0.4 is 10.6 Å². The first-order chi connectivity index (χ1) is 11.1. The molecule has 25 heavy (non-hydrogen) atoms. The van der Waals surface area contributed by atoms with Crippen LogP contribution in [0.5, 0.6) is 0 Å². The van der Waals surface area contributed by atoms with Crippen molar-refractivity contribution in [3.63, 3.8) is 0 Å². The van der Waals surface area contributed by atoms with E-state index in [2.05, 4.69) is 29.5 Å². The van der Waals surface area contributed by atoms with E-state index >= 15 is 0 Å². The van der Waals surface area contributed by atoms with Gasteiger partial charge in [-0.15, -0.1) is 24.0 Å². The molecular weight excluding hydrogens is 472 g/mol. The third-order valence-electron chi connectivity index (χ3n) is 3.90. The second-order valence-electron chi connectivity index (χ2n) is 6.30. The van der Waals surface area contributed by atoms with Crippen LogP contribution >= 0.6 is 24.0 Å². The third kappa shape index (κ3) is 7.85. The van der Waals surface area contributed by atoms with Gasteiger partial charge >= 0.3 is 15.5 Å². The molecule has 1 rings (SSSR count). The molecule has 0 bridgehead atoms. The number of piperidine rings is 1. The van der Waals surface area contributed by atoms with E-state index in [4.69, 9.17) is 0 Å². The molecule has 1 fully saturated rings. The Bertz CT molecular complexity index is 519. The Morgan fingerprint density at radius 2 is 1.84 bits per heavy atom. The molecule has 6 nitrogen and oxygen atoms in total. The molecule has 0 unspecified atom stereocenters. The SMILES string of the molecule is CN=C(NCCCC(C)C)NC1CCN(S(=O)(=O)C(F)(F)F)CC1.I. The maximum atomic E-state index is 12.5. The molecule has 0 aromatic carbocycles. The van der Waals surface area contributed by atoms with Gasteiger partial charge in [0, 0.05) is 32.7 Å². The van der Waals surface area contributed by atoms with Crippen LogP contribution in [0.3, 0.4) is 0 Å². The van der Waals surface area contributed by atoms with E-state index in [1.165, 1.54) is 0 Å². The average Bonchev–Trinajstić information content (AvgIpc) is 2.49. The Morgan fingerprint density at radius 1 is 1.28 bits per heavy atom.